The summed E-state index contributed by atoms with van der Waals surface area (Å²) in [6.45, 7) is 2.04. The maximum atomic E-state index is 12.4. The molecule has 1 saturated heterocycles. The van der Waals surface area contributed by atoms with Crippen LogP contribution in [0, 0.1) is 0 Å². The van der Waals surface area contributed by atoms with Crippen molar-refractivity contribution in [3.05, 3.63) is 42.7 Å². The molecule has 7 nitrogen and oxygen atoms in total. The molecule has 0 saturated carbocycles. The largest absolute Gasteiger partial charge is 0.497 e. The van der Waals surface area contributed by atoms with Gasteiger partial charge in [-0.05, 0) is 30.3 Å². The molecule has 1 fully saturated rings. The van der Waals surface area contributed by atoms with Crippen LogP contribution in [0.5, 0.6) is 5.75 Å². The second-order valence-corrected chi connectivity index (χ2v) is 5.52. The van der Waals surface area contributed by atoms with E-state index >= 15 is 0 Å². The van der Waals surface area contributed by atoms with E-state index in [1.54, 1.807) is 32.6 Å². The van der Waals surface area contributed by atoms with Gasteiger partial charge in [0.1, 0.15) is 11.8 Å². The molecule has 7 heteroatoms. The summed E-state index contributed by atoms with van der Waals surface area (Å²) in [6.07, 6.45) is 3.39. The highest BCUT2D eigenvalue weighted by atomic mass is 16.5. The summed E-state index contributed by atoms with van der Waals surface area (Å²) >= 11 is 0. The fourth-order valence-electron chi connectivity index (χ4n) is 2.88. The van der Waals surface area contributed by atoms with Crippen molar-refractivity contribution in [3.63, 3.8) is 0 Å². The number of hydrogen-bond donors (Lipinski definition) is 1. The zero-order chi connectivity index (χ0) is 16.9. The summed E-state index contributed by atoms with van der Waals surface area (Å²) in [5.74, 6) is 1.36. The van der Waals surface area contributed by atoms with E-state index in [2.05, 4.69) is 20.2 Å². The van der Waals surface area contributed by atoms with Crippen LogP contribution in [0.15, 0.2) is 42.7 Å². The number of aromatic nitrogens is 2. The second-order valence-electron chi connectivity index (χ2n) is 5.52. The summed E-state index contributed by atoms with van der Waals surface area (Å²) < 4.78 is 5.20. The predicted octanol–water partition coefficient (Wildman–Crippen LogP) is 0.926. The van der Waals surface area contributed by atoms with E-state index in [9.17, 15) is 4.79 Å². The molecule has 0 aliphatic carbocycles. The maximum Gasteiger partial charge on any atom is 0.244 e. The topological polar surface area (TPSA) is 70.6 Å². The summed E-state index contributed by atoms with van der Waals surface area (Å²) in [7, 11) is 3.30. The van der Waals surface area contributed by atoms with Gasteiger partial charge in [0, 0.05) is 44.8 Å². The predicted molar refractivity (Wildman–Crippen MR) is 92.4 cm³/mol. The molecule has 0 unspecified atom stereocenters. The Morgan fingerprint density at radius 1 is 1.21 bits per heavy atom. The number of likely N-dealkylation sites (N-methyl/N-ethyl adjacent to an activating group) is 1. The number of nitrogens with zero attached hydrogens (tertiary/aromatic N) is 4. The molecule has 1 amide bonds. The van der Waals surface area contributed by atoms with Gasteiger partial charge < -0.3 is 19.9 Å². The molecular formula is C17H21N5O2. The number of ether oxygens (including phenoxy) is 1. The number of hydrogen-bond acceptors (Lipinski definition) is 6. The Kier molecular flexibility index (Phi) is 4.79. The molecular weight excluding hydrogens is 306 g/mol. The lowest BCUT2D eigenvalue weighted by Crippen LogP contribution is -2.59. The average Bonchev–Trinajstić information content (AvgIpc) is 2.67. The van der Waals surface area contributed by atoms with Crippen LogP contribution in [0.2, 0.25) is 0 Å². The van der Waals surface area contributed by atoms with Crippen LogP contribution in [0.4, 0.5) is 11.6 Å². The first-order valence-electron chi connectivity index (χ1n) is 7.87. The van der Waals surface area contributed by atoms with Crippen LogP contribution in [0.1, 0.15) is 0 Å². The minimum Gasteiger partial charge on any atom is -0.497 e. The number of carbonyl (C=O) groups is 1. The number of rotatable bonds is 4. The molecule has 1 aliphatic rings. The van der Waals surface area contributed by atoms with Gasteiger partial charge in [-0.25, -0.2) is 9.97 Å². The minimum absolute atomic E-state index is 0.0411. The normalized spacial score (nSPS) is 17.5. The monoisotopic (exact) mass is 327 g/mol. The van der Waals surface area contributed by atoms with Gasteiger partial charge in [0.2, 0.25) is 11.9 Å². The van der Waals surface area contributed by atoms with E-state index in [0.717, 1.165) is 18.0 Å². The van der Waals surface area contributed by atoms with Crippen molar-refractivity contribution < 1.29 is 9.53 Å². The Morgan fingerprint density at radius 3 is 2.54 bits per heavy atom. The van der Waals surface area contributed by atoms with Gasteiger partial charge in [0.05, 0.1) is 7.11 Å². The Balaban J connectivity index is 1.81. The van der Waals surface area contributed by atoms with Crippen LogP contribution in [0.25, 0.3) is 0 Å². The number of benzene rings is 1. The third-order valence-electron chi connectivity index (χ3n) is 4.18. The van der Waals surface area contributed by atoms with Crippen molar-refractivity contribution in [3.8, 4) is 5.75 Å². The fourth-order valence-corrected chi connectivity index (χ4v) is 2.88. The number of anilines is 2. The molecule has 126 valence electrons. The van der Waals surface area contributed by atoms with Crippen molar-refractivity contribution >= 4 is 17.5 Å². The van der Waals surface area contributed by atoms with E-state index in [0.29, 0.717) is 19.0 Å². The number of nitrogens with one attached hydrogen (secondary N) is 1. The number of piperazine rings is 1. The van der Waals surface area contributed by atoms with Crippen molar-refractivity contribution in [2.75, 3.05) is 43.6 Å². The zero-order valence-electron chi connectivity index (χ0n) is 13.8. The molecule has 0 spiro atoms. The summed E-state index contributed by atoms with van der Waals surface area (Å²) in [5.41, 5.74) is 1.07. The van der Waals surface area contributed by atoms with Gasteiger partial charge in [0.25, 0.3) is 0 Å². The SMILES string of the molecule is CNC(=O)[C@@H]1CN(c2ccc(OC)cc2)CCN1c1ncccn1. The quantitative estimate of drug-likeness (QED) is 0.901. The highest BCUT2D eigenvalue weighted by molar-refractivity contribution is 5.85. The van der Waals surface area contributed by atoms with Crippen molar-refractivity contribution in [2.45, 2.75) is 6.04 Å². The third kappa shape index (κ3) is 3.24. The first kappa shape index (κ1) is 16.0. The summed E-state index contributed by atoms with van der Waals surface area (Å²) in [6, 6.07) is 9.30. The Bertz CT molecular complexity index is 677. The van der Waals surface area contributed by atoms with Gasteiger partial charge >= 0.3 is 0 Å². The van der Waals surface area contributed by atoms with Gasteiger partial charge in [-0.3, -0.25) is 4.79 Å². The summed E-state index contributed by atoms with van der Waals surface area (Å²) in [5, 5.41) is 2.74. The van der Waals surface area contributed by atoms with Crippen molar-refractivity contribution in [1.29, 1.82) is 0 Å². The van der Waals surface area contributed by atoms with Crippen LogP contribution < -0.4 is 19.9 Å². The molecule has 1 aromatic heterocycles. The number of methoxy groups -OCH3 is 1. The smallest absolute Gasteiger partial charge is 0.244 e. The lowest BCUT2D eigenvalue weighted by atomic mass is 10.1. The van der Waals surface area contributed by atoms with E-state index in [1.165, 1.54) is 0 Å². The lowest BCUT2D eigenvalue weighted by molar-refractivity contribution is -0.121. The van der Waals surface area contributed by atoms with Crippen LogP contribution >= 0.6 is 0 Å². The van der Waals surface area contributed by atoms with E-state index in [-0.39, 0.29) is 11.9 Å². The van der Waals surface area contributed by atoms with Crippen LogP contribution in [-0.2, 0) is 4.79 Å². The standard InChI is InChI=1S/C17H21N5O2/c1-18-16(23)15-12-21(13-4-6-14(24-2)7-5-13)10-11-22(15)17-19-8-3-9-20-17/h3-9,15H,10-12H2,1-2H3,(H,18,23)/t15-/m0/s1. The van der Waals surface area contributed by atoms with E-state index in [4.69, 9.17) is 4.74 Å². The van der Waals surface area contributed by atoms with Crippen molar-refractivity contribution in [2.24, 2.45) is 0 Å². The minimum atomic E-state index is -0.340. The van der Waals surface area contributed by atoms with Crippen LogP contribution in [-0.4, -0.2) is 55.7 Å². The van der Waals surface area contributed by atoms with Gasteiger partial charge in [-0.1, -0.05) is 0 Å². The highest BCUT2D eigenvalue weighted by Gasteiger charge is 2.33. The Morgan fingerprint density at radius 2 is 1.92 bits per heavy atom. The van der Waals surface area contributed by atoms with Crippen molar-refractivity contribution in [1.82, 2.24) is 15.3 Å². The zero-order valence-corrected chi connectivity index (χ0v) is 13.8. The molecule has 0 radical (unpaired) electrons. The lowest BCUT2D eigenvalue weighted by Gasteiger charge is -2.41. The molecule has 1 aliphatic heterocycles. The Hall–Kier alpha value is -2.83. The molecule has 1 N–H and O–H groups in total. The average molecular weight is 327 g/mol. The molecule has 3 rings (SSSR count). The molecule has 0 bridgehead atoms. The second kappa shape index (κ2) is 7.16. The van der Waals surface area contributed by atoms with Gasteiger partial charge in [-0.2, -0.15) is 0 Å². The molecule has 1 atom stereocenters. The first-order chi connectivity index (χ1) is 11.7. The first-order valence-corrected chi connectivity index (χ1v) is 7.87. The summed E-state index contributed by atoms with van der Waals surface area (Å²) in [4.78, 5) is 25.1. The number of amides is 1. The molecule has 2 heterocycles. The maximum absolute atomic E-state index is 12.4. The fraction of sp³-hybridized carbons (Fsp3) is 0.353. The van der Waals surface area contributed by atoms with E-state index < -0.39 is 0 Å². The molecule has 2 aromatic rings. The molecule has 1 aromatic carbocycles. The molecule has 24 heavy (non-hydrogen) atoms. The van der Waals surface area contributed by atoms with Crippen LogP contribution in [0.3, 0.4) is 0 Å². The van der Waals surface area contributed by atoms with Gasteiger partial charge in [-0.15, -0.1) is 0 Å². The number of carbonyl (C=O) groups excluding carboxylic acids is 1. The van der Waals surface area contributed by atoms with Gasteiger partial charge in [0.15, 0.2) is 0 Å². The Labute approximate surface area is 141 Å². The highest BCUT2D eigenvalue weighted by Crippen LogP contribution is 2.24. The van der Waals surface area contributed by atoms with E-state index in [1.807, 2.05) is 29.2 Å². The third-order valence-corrected chi connectivity index (χ3v) is 4.18.